The number of nitrogens with one attached hydrogen (secondary N) is 2. The third-order valence-corrected chi connectivity index (χ3v) is 2.16. The zero-order valence-electron chi connectivity index (χ0n) is 10.8. The van der Waals surface area contributed by atoms with Gasteiger partial charge in [-0.1, -0.05) is 13.8 Å². The first-order chi connectivity index (χ1) is 8.47. The van der Waals surface area contributed by atoms with Crippen LogP contribution in [-0.2, 0) is 9.53 Å². The zero-order chi connectivity index (χ0) is 14.0. The highest BCUT2D eigenvalue weighted by Crippen LogP contribution is 1.98. The van der Waals surface area contributed by atoms with Crippen LogP contribution in [0.5, 0.6) is 0 Å². The normalized spacial score (nSPS) is 12.2. The smallest absolute Gasteiger partial charge is 0.328 e. The number of rotatable bonds is 9. The minimum atomic E-state index is -1.29. The van der Waals surface area contributed by atoms with Crippen LogP contribution >= 0.6 is 0 Å². The second-order valence-corrected chi connectivity index (χ2v) is 4.27. The van der Waals surface area contributed by atoms with Crippen LogP contribution in [0.3, 0.4) is 0 Å². The molecular formula is C11H22N2O5. The maximum Gasteiger partial charge on any atom is 0.328 e. The summed E-state index contributed by atoms with van der Waals surface area (Å²) < 4.78 is 5.27. The molecule has 0 aliphatic rings. The van der Waals surface area contributed by atoms with Gasteiger partial charge in [-0.3, -0.25) is 0 Å². The van der Waals surface area contributed by atoms with Crippen LogP contribution in [0.25, 0.3) is 0 Å². The van der Waals surface area contributed by atoms with Crippen molar-refractivity contribution < 1.29 is 24.5 Å². The first-order valence-electron chi connectivity index (χ1n) is 5.93. The third kappa shape index (κ3) is 8.77. The molecule has 2 amide bonds. The molecule has 7 heteroatoms. The van der Waals surface area contributed by atoms with E-state index in [0.29, 0.717) is 25.7 Å². The summed E-state index contributed by atoms with van der Waals surface area (Å²) in [6, 6.07) is -1.92. The molecule has 106 valence electrons. The number of hydrogen-bond donors (Lipinski definition) is 4. The fraction of sp³-hybridized carbons (Fsp3) is 0.818. The van der Waals surface area contributed by atoms with Gasteiger partial charge in [0.15, 0.2) is 6.04 Å². The molecule has 0 saturated heterocycles. The molecule has 0 aromatic carbocycles. The minimum absolute atomic E-state index is 0.293. The van der Waals surface area contributed by atoms with E-state index in [9.17, 15) is 9.59 Å². The Morgan fingerprint density at radius 3 is 2.44 bits per heavy atom. The number of urea groups is 1. The summed E-state index contributed by atoms with van der Waals surface area (Å²) in [5.74, 6) is -0.706. The van der Waals surface area contributed by atoms with E-state index in [-0.39, 0.29) is 0 Å². The van der Waals surface area contributed by atoms with Crippen LogP contribution < -0.4 is 10.6 Å². The van der Waals surface area contributed by atoms with E-state index in [1.807, 2.05) is 0 Å². The van der Waals surface area contributed by atoms with Gasteiger partial charge in [0.1, 0.15) is 0 Å². The summed E-state index contributed by atoms with van der Waals surface area (Å²) in [4.78, 5) is 21.7. The lowest BCUT2D eigenvalue weighted by molar-refractivity contribution is -0.140. The molecular weight excluding hydrogens is 240 g/mol. The molecule has 4 N–H and O–H groups in total. The predicted octanol–water partition coefficient (Wildman–Crippen LogP) is -0.206. The molecule has 18 heavy (non-hydrogen) atoms. The van der Waals surface area contributed by atoms with Gasteiger partial charge < -0.3 is 25.6 Å². The Kier molecular flexibility index (Phi) is 8.95. The number of hydrogen-bond acceptors (Lipinski definition) is 4. The van der Waals surface area contributed by atoms with Crippen molar-refractivity contribution in [1.82, 2.24) is 10.6 Å². The molecule has 0 aliphatic carbocycles. The van der Waals surface area contributed by atoms with Crippen molar-refractivity contribution >= 4 is 12.0 Å². The standard InChI is InChI=1S/C11H22N2O5/c1-8(2)3-5-18-6-4-12-11(17)13-9(7-14)10(15)16/h8-9,14H,3-7H2,1-2H3,(H,15,16)(H2,12,13,17)/t9-/m0/s1. The Balaban J connectivity index is 3.56. The van der Waals surface area contributed by atoms with Crippen molar-refractivity contribution in [2.75, 3.05) is 26.4 Å². The Labute approximate surface area is 107 Å². The molecule has 0 aromatic heterocycles. The first-order valence-corrected chi connectivity index (χ1v) is 5.93. The largest absolute Gasteiger partial charge is 0.480 e. The van der Waals surface area contributed by atoms with Crippen molar-refractivity contribution in [2.24, 2.45) is 5.92 Å². The molecule has 1 atom stereocenters. The van der Waals surface area contributed by atoms with Gasteiger partial charge in [-0.2, -0.15) is 0 Å². The monoisotopic (exact) mass is 262 g/mol. The number of carbonyl (C=O) groups is 2. The number of ether oxygens (including phenoxy) is 1. The molecule has 0 aliphatic heterocycles. The highest BCUT2D eigenvalue weighted by molar-refractivity contribution is 5.82. The summed E-state index contributed by atoms with van der Waals surface area (Å²) in [7, 11) is 0. The summed E-state index contributed by atoms with van der Waals surface area (Å²) >= 11 is 0. The minimum Gasteiger partial charge on any atom is -0.480 e. The van der Waals surface area contributed by atoms with E-state index >= 15 is 0 Å². The fourth-order valence-corrected chi connectivity index (χ4v) is 1.05. The topological polar surface area (TPSA) is 108 Å². The molecule has 0 saturated carbocycles. The molecule has 0 aromatic rings. The lowest BCUT2D eigenvalue weighted by atomic mass is 10.1. The zero-order valence-corrected chi connectivity index (χ0v) is 10.8. The number of carboxylic acid groups (broad SMARTS) is 1. The second-order valence-electron chi connectivity index (χ2n) is 4.27. The van der Waals surface area contributed by atoms with Gasteiger partial charge >= 0.3 is 12.0 Å². The molecule has 0 unspecified atom stereocenters. The van der Waals surface area contributed by atoms with Crippen LogP contribution in [0.15, 0.2) is 0 Å². The Morgan fingerprint density at radius 1 is 1.28 bits per heavy atom. The van der Waals surface area contributed by atoms with Crippen molar-refractivity contribution in [3.05, 3.63) is 0 Å². The van der Waals surface area contributed by atoms with E-state index in [4.69, 9.17) is 14.9 Å². The third-order valence-electron chi connectivity index (χ3n) is 2.16. The quantitative estimate of drug-likeness (QED) is 0.430. The van der Waals surface area contributed by atoms with Crippen LogP contribution in [0, 0.1) is 5.92 Å². The Bertz CT molecular complexity index is 258. The van der Waals surface area contributed by atoms with Gasteiger partial charge in [0, 0.05) is 13.2 Å². The van der Waals surface area contributed by atoms with Gasteiger partial charge in [0.2, 0.25) is 0 Å². The van der Waals surface area contributed by atoms with Crippen molar-refractivity contribution in [1.29, 1.82) is 0 Å². The number of carbonyl (C=O) groups excluding carboxylic acids is 1. The molecule has 0 radical (unpaired) electrons. The first kappa shape index (κ1) is 16.7. The van der Waals surface area contributed by atoms with E-state index in [0.717, 1.165) is 6.42 Å². The maximum absolute atomic E-state index is 11.2. The van der Waals surface area contributed by atoms with Gasteiger partial charge in [-0.25, -0.2) is 9.59 Å². The molecule has 0 rings (SSSR count). The number of aliphatic carboxylic acids is 1. The molecule has 7 nitrogen and oxygen atoms in total. The number of carboxylic acids is 1. The van der Waals surface area contributed by atoms with E-state index in [1.54, 1.807) is 0 Å². The summed E-state index contributed by atoms with van der Waals surface area (Å²) in [6.45, 7) is 4.84. The second kappa shape index (κ2) is 9.67. The lowest BCUT2D eigenvalue weighted by Crippen LogP contribution is -2.48. The summed E-state index contributed by atoms with van der Waals surface area (Å²) in [5.41, 5.74) is 0. The van der Waals surface area contributed by atoms with Gasteiger partial charge in [-0.15, -0.1) is 0 Å². The van der Waals surface area contributed by atoms with Gasteiger partial charge in [0.25, 0.3) is 0 Å². The Morgan fingerprint density at radius 2 is 1.94 bits per heavy atom. The van der Waals surface area contributed by atoms with E-state index < -0.39 is 24.6 Å². The average Bonchev–Trinajstić information content (AvgIpc) is 2.29. The SMILES string of the molecule is CC(C)CCOCCNC(=O)N[C@@H](CO)C(=O)O. The van der Waals surface area contributed by atoms with Crippen molar-refractivity contribution in [3.8, 4) is 0 Å². The van der Waals surface area contributed by atoms with Crippen LogP contribution in [0.1, 0.15) is 20.3 Å². The number of aliphatic hydroxyl groups is 1. The lowest BCUT2D eigenvalue weighted by Gasteiger charge is -2.12. The van der Waals surface area contributed by atoms with Crippen LogP contribution in [0.2, 0.25) is 0 Å². The Hall–Kier alpha value is -1.34. The fourth-order valence-electron chi connectivity index (χ4n) is 1.05. The molecule has 0 spiro atoms. The van der Waals surface area contributed by atoms with Crippen molar-refractivity contribution in [2.45, 2.75) is 26.3 Å². The molecule has 0 fully saturated rings. The summed E-state index contributed by atoms with van der Waals surface area (Å²) in [5, 5.41) is 21.8. The highest BCUT2D eigenvalue weighted by Gasteiger charge is 2.17. The molecule has 0 bridgehead atoms. The number of amides is 2. The van der Waals surface area contributed by atoms with Crippen molar-refractivity contribution in [3.63, 3.8) is 0 Å². The van der Waals surface area contributed by atoms with E-state index in [1.165, 1.54) is 0 Å². The van der Waals surface area contributed by atoms with Crippen LogP contribution in [0.4, 0.5) is 4.79 Å². The maximum atomic E-state index is 11.2. The van der Waals surface area contributed by atoms with Crippen LogP contribution in [-0.4, -0.2) is 54.6 Å². The summed E-state index contributed by atoms with van der Waals surface area (Å²) in [6.07, 6.45) is 0.956. The van der Waals surface area contributed by atoms with Gasteiger partial charge in [-0.05, 0) is 12.3 Å². The number of aliphatic hydroxyl groups excluding tert-OH is 1. The average molecular weight is 262 g/mol. The molecule has 0 heterocycles. The highest BCUT2D eigenvalue weighted by atomic mass is 16.5. The van der Waals surface area contributed by atoms with E-state index in [2.05, 4.69) is 24.5 Å². The van der Waals surface area contributed by atoms with Gasteiger partial charge in [0.05, 0.1) is 13.2 Å². The predicted molar refractivity (Wildman–Crippen MR) is 65.3 cm³/mol.